The summed E-state index contributed by atoms with van der Waals surface area (Å²) in [6, 6.07) is 0.635. The lowest BCUT2D eigenvalue weighted by molar-refractivity contribution is 0.292. The fourth-order valence-electron chi connectivity index (χ4n) is 3.26. The van der Waals surface area contributed by atoms with Gasteiger partial charge in [-0.15, -0.1) is 0 Å². The Morgan fingerprint density at radius 2 is 2.12 bits per heavy atom. The lowest BCUT2D eigenvalue weighted by atomic mass is 10.0. The van der Waals surface area contributed by atoms with Crippen LogP contribution < -0.4 is 5.73 Å². The van der Waals surface area contributed by atoms with Gasteiger partial charge in [0.1, 0.15) is 0 Å². The van der Waals surface area contributed by atoms with Gasteiger partial charge in [-0.3, -0.25) is 4.68 Å². The molecule has 0 radical (unpaired) electrons. The fraction of sp³-hybridized carbons (Fsp3) is 0.769. The third-order valence-corrected chi connectivity index (χ3v) is 4.23. The zero-order valence-electron chi connectivity index (χ0n) is 10.7. The van der Waals surface area contributed by atoms with Gasteiger partial charge in [-0.25, -0.2) is 0 Å². The summed E-state index contributed by atoms with van der Waals surface area (Å²) in [7, 11) is 2.19. The van der Waals surface area contributed by atoms with Crippen molar-refractivity contribution in [2.75, 3.05) is 13.6 Å². The number of rotatable bonds is 2. The van der Waals surface area contributed by atoms with Crippen LogP contribution in [0.1, 0.15) is 48.7 Å². The van der Waals surface area contributed by atoms with Crippen molar-refractivity contribution in [1.29, 1.82) is 0 Å². The van der Waals surface area contributed by atoms with Crippen molar-refractivity contribution in [2.45, 2.75) is 51.2 Å². The number of likely N-dealkylation sites (N-methyl/N-ethyl adjacent to an activating group) is 1. The first-order chi connectivity index (χ1) is 8.29. The molecule has 0 bridgehead atoms. The first-order valence-electron chi connectivity index (χ1n) is 6.77. The molecule has 1 saturated carbocycles. The van der Waals surface area contributed by atoms with Gasteiger partial charge in [-0.05, 0) is 26.3 Å². The number of nitrogens with two attached hydrogens (primary N) is 1. The van der Waals surface area contributed by atoms with Gasteiger partial charge in [-0.1, -0.05) is 12.8 Å². The highest BCUT2D eigenvalue weighted by Crippen LogP contribution is 2.33. The predicted molar refractivity (Wildman–Crippen MR) is 67.7 cm³/mol. The summed E-state index contributed by atoms with van der Waals surface area (Å²) in [6.45, 7) is 2.76. The molecule has 1 aliphatic carbocycles. The van der Waals surface area contributed by atoms with Crippen molar-refractivity contribution in [3.05, 3.63) is 17.0 Å². The normalized spacial score (nSPS) is 22.0. The molecule has 1 aliphatic heterocycles. The molecular weight excluding hydrogens is 212 g/mol. The summed E-state index contributed by atoms with van der Waals surface area (Å²) in [4.78, 5) is 2.38. The molecular formula is C13H22N4. The second-order valence-electron chi connectivity index (χ2n) is 5.45. The Balaban J connectivity index is 1.99. The van der Waals surface area contributed by atoms with Crippen LogP contribution in [0.25, 0.3) is 0 Å². The molecule has 0 atom stereocenters. The van der Waals surface area contributed by atoms with E-state index in [4.69, 9.17) is 10.8 Å². The largest absolute Gasteiger partial charge is 0.325 e. The van der Waals surface area contributed by atoms with Gasteiger partial charge in [0.15, 0.2) is 0 Å². The van der Waals surface area contributed by atoms with Gasteiger partial charge in [0, 0.05) is 25.2 Å². The SMILES string of the molecule is CN1CCc2c(CN)nn(C3CCCC3)c2C1. The maximum atomic E-state index is 5.83. The molecule has 0 amide bonds. The average Bonchev–Trinajstić information content (AvgIpc) is 2.94. The zero-order chi connectivity index (χ0) is 11.8. The highest BCUT2D eigenvalue weighted by atomic mass is 15.3. The van der Waals surface area contributed by atoms with Crippen LogP contribution in [-0.4, -0.2) is 28.3 Å². The second-order valence-corrected chi connectivity index (χ2v) is 5.45. The minimum atomic E-state index is 0.589. The third-order valence-electron chi connectivity index (χ3n) is 4.23. The molecule has 0 spiro atoms. The monoisotopic (exact) mass is 234 g/mol. The van der Waals surface area contributed by atoms with Crippen LogP contribution in [0.2, 0.25) is 0 Å². The molecule has 4 nitrogen and oxygen atoms in total. The van der Waals surface area contributed by atoms with E-state index in [0.29, 0.717) is 12.6 Å². The Bertz CT molecular complexity index is 404. The minimum absolute atomic E-state index is 0.589. The first kappa shape index (κ1) is 11.2. The number of fused-ring (bicyclic) bond motifs is 1. The smallest absolute Gasteiger partial charge is 0.0796 e. The molecule has 0 unspecified atom stereocenters. The van der Waals surface area contributed by atoms with Gasteiger partial charge in [0.05, 0.1) is 17.4 Å². The summed E-state index contributed by atoms with van der Waals surface area (Å²) >= 11 is 0. The molecule has 4 heteroatoms. The van der Waals surface area contributed by atoms with Crippen molar-refractivity contribution in [2.24, 2.45) is 5.73 Å². The topological polar surface area (TPSA) is 47.1 Å². The molecule has 1 aromatic heterocycles. The zero-order valence-corrected chi connectivity index (χ0v) is 10.7. The van der Waals surface area contributed by atoms with E-state index in [1.165, 1.54) is 36.9 Å². The average molecular weight is 234 g/mol. The Morgan fingerprint density at radius 1 is 1.35 bits per heavy atom. The molecule has 17 heavy (non-hydrogen) atoms. The first-order valence-corrected chi connectivity index (χ1v) is 6.77. The quantitative estimate of drug-likeness (QED) is 0.842. The van der Waals surface area contributed by atoms with Crippen LogP contribution in [0, 0.1) is 0 Å². The lowest BCUT2D eigenvalue weighted by Crippen LogP contribution is -2.28. The summed E-state index contributed by atoms with van der Waals surface area (Å²) in [5.41, 5.74) is 9.85. The van der Waals surface area contributed by atoms with E-state index >= 15 is 0 Å². The van der Waals surface area contributed by atoms with Gasteiger partial charge in [-0.2, -0.15) is 5.10 Å². The van der Waals surface area contributed by atoms with Crippen molar-refractivity contribution < 1.29 is 0 Å². The summed E-state index contributed by atoms with van der Waals surface area (Å²) in [6.07, 6.45) is 6.41. The minimum Gasteiger partial charge on any atom is -0.325 e. The molecule has 3 rings (SSSR count). The van der Waals surface area contributed by atoms with Crippen LogP contribution in [0.15, 0.2) is 0 Å². The fourth-order valence-corrected chi connectivity index (χ4v) is 3.26. The lowest BCUT2D eigenvalue weighted by Gasteiger charge is -2.25. The molecule has 0 aromatic carbocycles. The van der Waals surface area contributed by atoms with Crippen LogP contribution in [0.5, 0.6) is 0 Å². The Kier molecular flexibility index (Phi) is 2.92. The molecule has 2 aliphatic rings. The Hall–Kier alpha value is -0.870. The summed E-state index contributed by atoms with van der Waals surface area (Å²) < 4.78 is 2.31. The third kappa shape index (κ3) is 1.89. The molecule has 0 saturated heterocycles. The van der Waals surface area contributed by atoms with E-state index in [-0.39, 0.29) is 0 Å². The van der Waals surface area contributed by atoms with Crippen LogP contribution >= 0.6 is 0 Å². The molecule has 2 N–H and O–H groups in total. The second kappa shape index (κ2) is 4.42. The van der Waals surface area contributed by atoms with Crippen molar-refractivity contribution in [3.63, 3.8) is 0 Å². The van der Waals surface area contributed by atoms with Gasteiger partial charge in [0.2, 0.25) is 0 Å². The van der Waals surface area contributed by atoms with Gasteiger partial charge < -0.3 is 10.6 Å². The molecule has 2 heterocycles. The number of nitrogens with zero attached hydrogens (tertiary/aromatic N) is 3. The van der Waals surface area contributed by atoms with Crippen molar-refractivity contribution in [1.82, 2.24) is 14.7 Å². The van der Waals surface area contributed by atoms with E-state index in [1.807, 2.05) is 0 Å². The highest BCUT2D eigenvalue weighted by molar-refractivity contribution is 5.29. The highest BCUT2D eigenvalue weighted by Gasteiger charge is 2.27. The van der Waals surface area contributed by atoms with E-state index < -0.39 is 0 Å². The van der Waals surface area contributed by atoms with Crippen LogP contribution in [0.3, 0.4) is 0 Å². The van der Waals surface area contributed by atoms with E-state index in [2.05, 4.69) is 16.6 Å². The standard InChI is InChI=1S/C13H22N4/c1-16-7-6-11-12(8-14)15-17(13(11)9-16)10-4-2-3-5-10/h10H,2-9,14H2,1H3. The van der Waals surface area contributed by atoms with Gasteiger partial charge in [0.25, 0.3) is 0 Å². The van der Waals surface area contributed by atoms with E-state index in [9.17, 15) is 0 Å². The van der Waals surface area contributed by atoms with Crippen LogP contribution in [0.4, 0.5) is 0 Å². The molecule has 94 valence electrons. The summed E-state index contributed by atoms with van der Waals surface area (Å²) in [5, 5.41) is 4.79. The van der Waals surface area contributed by atoms with Crippen LogP contribution in [-0.2, 0) is 19.5 Å². The molecule has 1 aromatic rings. The maximum absolute atomic E-state index is 5.83. The van der Waals surface area contributed by atoms with Gasteiger partial charge >= 0.3 is 0 Å². The van der Waals surface area contributed by atoms with Crippen molar-refractivity contribution >= 4 is 0 Å². The Labute approximate surface area is 103 Å². The van der Waals surface area contributed by atoms with E-state index in [1.54, 1.807) is 0 Å². The number of hydrogen-bond acceptors (Lipinski definition) is 3. The maximum Gasteiger partial charge on any atom is 0.0796 e. The Morgan fingerprint density at radius 3 is 2.82 bits per heavy atom. The van der Waals surface area contributed by atoms with Crippen molar-refractivity contribution in [3.8, 4) is 0 Å². The predicted octanol–water partition coefficient (Wildman–Crippen LogP) is 1.44. The van der Waals surface area contributed by atoms with E-state index in [0.717, 1.165) is 25.2 Å². The number of hydrogen-bond donors (Lipinski definition) is 1. The number of aromatic nitrogens is 2. The molecule has 1 fully saturated rings. The summed E-state index contributed by atoms with van der Waals surface area (Å²) in [5.74, 6) is 0.